The molecule has 0 saturated carbocycles. The minimum absolute atomic E-state index is 1.16. The van der Waals surface area contributed by atoms with Crippen LogP contribution < -0.4 is 0 Å². The van der Waals surface area contributed by atoms with Gasteiger partial charge in [-0.05, 0) is 81.3 Å². The van der Waals surface area contributed by atoms with Crippen LogP contribution in [0.25, 0.3) is 39.8 Å². The zero-order valence-corrected chi connectivity index (χ0v) is 12.1. The van der Waals surface area contributed by atoms with Crippen molar-refractivity contribution in [2.24, 2.45) is 0 Å². The fourth-order valence-electron chi connectivity index (χ4n) is 3.96. The van der Waals surface area contributed by atoms with Crippen molar-refractivity contribution in [3.63, 3.8) is 0 Å². The quantitative estimate of drug-likeness (QED) is 0.356. The second kappa shape index (κ2) is 3.85. The van der Waals surface area contributed by atoms with Crippen LogP contribution in [0.1, 0.15) is 34.2 Å². The molecule has 3 aromatic rings. The molecular weight excluding hydrogens is 252 g/mol. The Kier molecular flexibility index (Phi) is 2.08. The van der Waals surface area contributed by atoms with Crippen LogP contribution in [0.2, 0.25) is 0 Å². The molecule has 0 heteroatoms. The highest BCUT2D eigenvalue weighted by atomic mass is 14.2. The first-order chi connectivity index (χ1) is 10.3. The van der Waals surface area contributed by atoms with E-state index >= 15 is 0 Å². The second-order valence-electron chi connectivity index (χ2n) is 6.20. The van der Waals surface area contributed by atoms with Crippen molar-refractivity contribution in [3.05, 3.63) is 64.2 Å². The summed E-state index contributed by atoms with van der Waals surface area (Å²) in [7, 11) is 0. The first kappa shape index (κ1) is 11.3. The van der Waals surface area contributed by atoms with E-state index in [1.165, 1.54) is 55.8 Å². The number of hydrogen-bond acceptors (Lipinski definition) is 0. The highest BCUT2D eigenvalue weighted by molar-refractivity contribution is 6.18. The van der Waals surface area contributed by atoms with Gasteiger partial charge < -0.3 is 0 Å². The fourth-order valence-corrected chi connectivity index (χ4v) is 3.96. The Bertz CT molecular complexity index is 984. The highest BCUT2D eigenvalue weighted by Crippen LogP contribution is 2.41. The van der Waals surface area contributed by atoms with Gasteiger partial charge in [0.1, 0.15) is 0 Å². The summed E-state index contributed by atoms with van der Waals surface area (Å²) < 4.78 is 0. The summed E-state index contributed by atoms with van der Waals surface area (Å²) in [6, 6.07) is 11.5. The molecule has 0 bridgehead atoms. The summed E-state index contributed by atoms with van der Waals surface area (Å²) >= 11 is 0. The summed E-state index contributed by atoms with van der Waals surface area (Å²) in [5.74, 6) is 0. The zero-order chi connectivity index (χ0) is 14.0. The van der Waals surface area contributed by atoms with Gasteiger partial charge in [0.15, 0.2) is 0 Å². The van der Waals surface area contributed by atoms with Gasteiger partial charge in [-0.3, -0.25) is 0 Å². The number of aryl methyl sites for hydroxylation is 2. The summed E-state index contributed by atoms with van der Waals surface area (Å²) in [4.78, 5) is 0. The van der Waals surface area contributed by atoms with Crippen LogP contribution >= 0.6 is 0 Å². The maximum atomic E-state index is 2.44. The lowest BCUT2D eigenvalue weighted by Gasteiger charge is -2.17. The van der Waals surface area contributed by atoms with E-state index in [1.54, 1.807) is 0 Å². The van der Waals surface area contributed by atoms with E-state index < -0.39 is 0 Å². The number of allylic oxidation sites excluding steroid dienone is 1. The fraction of sp³-hybridized carbons (Fsp3) is 0.143. The van der Waals surface area contributed by atoms with Crippen LogP contribution in [0, 0.1) is 6.92 Å². The summed E-state index contributed by atoms with van der Waals surface area (Å²) in [6.07, 6.45) is 11.5. The molecule has 0 amide bonds. The number of rotatable bonds is 0. The SMILES string of the molecule is Cc1cccc2c1cc1c3c(c4c(cc32)CCC=C4)C=C1. The molecule has 0 N–H and O–H groups in total. The van der Waals surface area contributed by atoms with Gasteiger partial charge in [-0.25, -0.2) is 0 Å². The molecule has 0 nitrogen and oxygen atoms in total. The monoisotopic (exact) mass is 268 g/mol. The van der Waals surface area contributed by atoms with E-state index in [4.69, 9.17) is 0 Å². The Balaban J connectivity index is 2.07. The van der Waals surface area contributed by atoms with Gasteiger partial charge >= 0.3 is 0 Å². The lowest BCUT2D eigenvalue weighted by Crippen LogP contribution is -1.98. The molecule has 3 aromatic carbocycles. The average molecular weight is 268 g/mol. The molecule has 0 aliphatic heterocycles. The molecule has 0 saturated heterocycles. The molecule has 2 aliphatic carbocycles. The number of hydrogen-bond donors (Lipinski definition) is 0. The molecule has 100 valence electrons. The van der Waals surface area contributed by atoms with Gasteiger partial charge in [0.25, 0.3) is 0 Å². The van der Waals surface area contributed by atoms with E-state index in [1.807, 2.05) is 0 Å². The van der Waals surface area contributed by atoms with Crippen molar-refractivity contribution >= 4 is 39.8 Å². The molecule has 0 spiro atoms. The Morgan fingerprint density at radius 1 is 0.857 bits per heavy atom. The zero-order valence-electron chi connectivity index (χ0n) is 12.1. The third-order valence-electron chi connectivity index (χ3n) is 4.99. The normalized spacial score (nSPS) is 15.1. The van der Waals surface area contributed by atoms with E-state index in [0.29, 0.717) is 0 Å². The van der Waals surface area contributed by atoms with Gasteiger partial charge in [-0.15, -0.1) is 0 Å². The van der Waals surface area contributed by atoms with Gasteiger partial charge in [-0.2, -0.15) is 0 Å². The smallest absolute Gasteiger partial charge is 0.00262 e. The molecule has 21 heavy (non-hydrogen) atoms. The van der Waals surface area contributed by atoms with E-state index in [-0.39, 0.29) is 0 Å². The molecule has 0 radical (unpaired) electrons. The Labute approximate surface area is 124 Å². The molecule has 0 atom stereocenters. The number of fused-ring (bicyclic) bond motifs is 4. The summed E-state index contributed by atoms with van der Waals surface area (Å²) in [5, 5.41) is 5.67. The van der Waals surface area contributed by atoms with Crippen molar-refractivity contribution in [2.45, 2.75) is 19.8 Å². The Hall–Kier alpha value is -2.34. The maximum absolute atomic E-state index is 2.44. The average Bonchev–Trinajstić information content (AvgIpc) is 2.94. The second-order valence-corrected chi connectivity index (χ2v) is 6.20. The third kappa shape index (κ3) is 1.40. The molecule has 5 rings (SSSR count). The predicted molar refractivity (Wildman–Crippen MR) is 92.5 cm³/mol. The van der Waals surface area contributed by atoms with E-state index in [0.717, 1.165) is 6.42 Å². The highest BCUT2D eigenvalue weighted by Gasteiger charge is 2.19. The Morgan fingerprint density at radius 3 is 2.76 bits per heavy atom. The van der Waals surface area contributed by atoms with Gasteiger partial charge in [0, 0.05) is 0 Å². The topological polar surface area (TPSA) is 0 Å². The third-order valence-corrected chi connectivity index (χ3v) is 4.99. The molecular formula is C21H16. The Morgan fingerprint density at radius 2 is 1.81 bits per heavy atom. The number of benzene rings is 3. The van der Waals surface area contributed by atoms with Crippen molar-refractivity contribution in [1.29, 1.82) is 0 Å². The molecule has 0 fully saturated rings. The first-order valence-electron chi connectivity index (χ1n) is 7.69. The molecule has 0 unspecified atom stereocenters. The van der Waals surface area contributed by atoms with Crippen molar-refractivity contribution < 1.29 is 0 Å². The molecule has 2 aliphatic rings. The largest absolute Gasteiger partial charge is 0.0836 e. The first-order valence-corrected chi connectivity index (χ1v) is 7.69. The van der Waals surface area contributed by atoms with Crippen LogP contribution in [-0.4, -0.2) is 0 Å². The molecule has 0 heterocycles. The minimum Gasteiger partial charge on any atom is -0.0836 e. The lowest BCUT2D eigenvalue weighted by molar-refractivity contribution is 0.988. The van der Waals surface area contributed by atoms with Gasteiger partial charge in [0.05, 0.1) is 0 Å². The van der Waals surface area contributed by atoms with E-state index in [9.17, 15) is 0 Å². The van der Waals surface area contributed by atoms with E-state index in [2.05, 4.69) is 61.6 Å². The predicted octanol–water partition coefficient (Wildman–Crippen LogP) is 5.74. The van der Waals surface area contributed by atoms with Crippen LogP contribution in [-0.2, 0) is 6.42 Å². The van der Waals surface area contributed by atoms with Crippen LogP contribution in [0.3, 0.4) is 0 Å². The standard InChI is InChI=1S/C21H16/c1-13-5-4-8-17-19(13)12-15-9-10-18-16-7-3-2-6-14(16)11-20(17)21(15)18/h3-5,7-12H,2,6H2,1H3. The van der Waals surface area contributed by atoms with Crippen LogP contribution in [0.15, 0.2) is 36.4 Å². The van der Waals surface area contributed by atoms with Gasteiger partial charge in [-0.1, -0.05) is 42.5 Å². The maximum Gasteiger partial charge on any atom is -0.00262 e. The van der Waals surface area contributed by atoms with Crippen molar-refractivity contribution in [3.8, 4) is 0 Å². The van der Waals surface area contributed by atoms with Crippen LogP contribution in [0.5, 0.6) is 0 Å². The molecule has 0 aromatic heterocycles. The lowest BCUT2D eigenvalue weighted by atomic mass is 9.87. The van der Waals surface area contributed by atoms with Crippen molar-refractivity contribution in [1.82, 2.24) is 0 Å². The summed E-state index contributed by atoms with van der Waals surface area (Å²) in [5.41, 5.74) is 7.12. The van der Waals surface area contributed by atoms with Crippen molar-refractivity contribution in [2.75, 3.05) is 0 Å². The minimum atomic E-state index is 1.16. The summed E-state index contributed by atoms with van der Waals surface area (Å²) in [6.45, 7) is 2.21. The van der Waals surface area contributed by atoms with Crippen LogP contribution in [0.4, 0.5) is 0 Å². The van der Waals surface area contributed by atoms with Gasteiger partial charge in [0.2, 0.25) is 0 Å².